The predicted molar refractivity (Wildman–Crippen MR) is 83.2 cm³/mol. The molecule has 0 aliphatic rings. The maximum Gasteiger partial charge on any atom is 0.264 e. The molecule has 112 valence electrons. The summed E-state index contributed by atoms with van der Waals surface area (Å²) in [5.74, 6) is 0.798. The first-order chi connectivity index (χ1) is 10.7. The van der Waals surface area contributed by atoms with Crippen molar-refractivity contribution < 1.29 is 9.21 Å². The number of carbonyl (C=O) groups excluding carboxylic acids is 1. The summed E-state index contributed by atoms with van der Waals surface area (Å²) in [6, 6.07) is 9.78. The molecular formula is C16H16N4O2. The first kappa shape index (κ1) is 14.1. The topological polar surface area (TPSA) is 73.0 Å². The van der Waals surface area contributed by atoms with Gasteiger partial charge in [-0.05, 0) is 12.1 Å². The highest BCUT2D eigenvalue weighted by molar-refractivity contribution is 5.88. The Morgan fingerprint density at radius 1 is 1.41 bits per heavy atom. The molecule has 1 amide bonds. The fourth-order valence-electron chi connectivity index (χ4n) is 2.34. The molecular weight excluding hydrogens is 280 g/mol. The molecule has 0 bridgehead atoms. The summed E-state index contributed by atoms with van der Waals surface area (Å²) < 4.78 is 7.39. The lowest BCUT2D eigenvalue weighted by Gasteiger charge is -2.08. The van der Waals surface area contributed by atoms with Crippen molar-refractivity contribution in [3.63, 3.8) is 0 Å². The Hall–Kier alpha value is -2.89. The first-order valence-electron chi connectivity index (χ1n) is 6.95. The van der Waals surface area contributed by atoms with E-state index in [1.807, 2.05) is 34.9 Å². The number of aromatic nitrogens is 3. The highest BCUT2D eigenvalue weighted by Gasteiger charge is 2.17. The molecule has 0 unspecified atom stereocenters. The third-order valence-electron chi connectivity index (χ3n) is 3.30. The van der Waals surface area contributed by atoms with Crippen LogP contribution >= 0.6 is 0 Å². The number of hydrogen-bond donors (Lipinski definition) is 1. The van der Waals surface area contributed by atoms with Crippen LogP contribution in [0, 0.1) is 6.92 Å². The van der Waals surface area contributed by atoms with Gasteiger partial charge in [0.2, 0.25) is 11.8 Å². The highest BCUT2D eigenvalue weighted by Crippen LogP contribution is 2.27. The van der Waals surface area contributed by atoms with Gasteiger partial charge in [0, 0.05) is 24.4 Å². The maximum atomic E-state index is 12.1. The normalized spacial score (nSPS) is 10.8. The Morgan fingerprint density at radius 3 is 2.95 bits per heavy atom. The van der Waals surface area contributed by atoms with E-state index < -0.39 is 0 Å². The third kappa shape index (κ3) is 2.63. The van der Waals surface area contributed by atoms with Gasteiger partial charge in [-0.1, -0.05) is 24.3 Å². The summed E-state index contributed by atoms with van der Waals surface area (Å²) in [6.07, 6.45) is 1.65. The summed E-state index contributed by atoms with van der Waals surface area (Å²) in [6.45, 7) is 5.95. The minimum Gasteiger partial charge on any atom is -0.420 e. The van der Waals surface area contributed by atoms with Gasteiger partial charge in [0.15, 0.2) is 0 Å². The van der Waals surface area contributed by atoms with Crippen LogP contribution in [0.5, 0.6) is 0 Å². The molecule has 6 nitrogen and oxygen atoms in total. The zero-order chi connectivity index (χ0) is 15.5. The fraction of sp³-hybridized carbons (Fsp3) is 0.188. The molecule has 0 radical (unpaired) electrons. The number of nitrogens with one attached hydrogen (secondary N) is 1. The van der Waals surface area contributed by atoms with Crippen LogP contribution in [0.15, 0.2) is 47.4 Å². The van der Waals surface area contributed by atoms with Gasteiger partial charge in [-0.25, -0.2) is 0 Å². The van der Waals surface area contributed by atoms with Crippen molar-refractivity contribution in [1.29, 1.82) is 0 Å². The van der Waals surface area contributed by atoms with Crippen molar-refractivity contribution >= 4 is 16.8 Å². The number of para-hydroxylation sites is 1. The zero-order valence-corrected chi connectivity index (χ0v) is 12.2. The van der Waals surface area contributed by atoms with Crippen LogP contribution in [0.25, 0.3) is 22.5 Å². The standard InChI is InChI=1S/C16H16N4O2/c1-3-8-17-15(21)10-20-13-7-5-4-6-12(13)9-14(20)16-19-18-11(2)22-16/h3-7,9H,1,8,10H2,2H3,(H,17,21). The van der Waals surface area contributed by atoms with Gasteiger partial charge in [-0.15, -0.1) is 16.8 Å². The summed E-state index contributed by atoms with van der Waals surface area (Å²) in [5, 5.41) is 11.7. The molecule has 0 saturated heterocycles. The average Bonchev–Trinajstić information content (AvgIpc) is 3.09. The molecule has 0 fully saturated rings. The van der Waals surface area contributed by atoms with Crippen LogP contribution in [0.4, 0.5) is 0 Å². The molecule has 0 atom stereocenters. The second kappa shape index (κ2) is 5.85. The number of aryl methyl sites for hydroxylation is 1. The average molecular weight is 296 g/mol. The second-order valence-electron chi connectivity index (χ2n) is 4.89. The molecule has 3 aromatic rings. The van der Waals surface area contributed by atoms with E-state index in [2.05, 4.69) is 22.1 Å². The third-order valence-corrected chi connectivity index (χ3v) is 3.30. The van der Waals surface area contributed by atoms with Crippen LogP contribution in [-0.4, -0.2) is 27.2 Å². The zero-order valence-electron chi connectivity index (χ0n) is 12.2. The minimum absolute atomic E-state index is 0.0984. The second-order valence-corrected chi connectivity index (χ2v) is 4.89. The van der Waals surface area contributed by atoms with Gasteiger partial charge in [0.25, 0.3) is 5.89 Å². The molecule has 2 aromatic heterocycles. The molecule has 6 heteroatoms. The Kier molecular flexibility index (Phi) is 3.74. The molecule has 3 rings (SSSR count). The Labute approximate surface area is 127 Å². The number of rotatable bonds is 5. The molecule has 1 aromatic carbocycles. The molecule has 2 heterocycles. The number of fused-ring (bicyclic) bond motifs is 1. The van der Waals surface area contributed by atoms with Crippen molar-refractivity contribution in [2.24, 2.45) is 0 Å². The lowest BCUT2D eigenvalue weighted by molar-refractivity contribution is -0.121. The van der Waals surface area contributed by atoms with Gasteiger partial charge < -0.3 is 14.3 Å². The lowest BCUT2D eigenvalue weighted by Crippen LogP contribution is -2.27. The van der Waals surface area contributed by atoms with Crippen molar-refractivity contribution in [1.82, 2.24) is 20.1 Å². The van der Waals surface area contributed by atoms with Crippen LogP contribution in [0.1, 0.15) is 5.89 Å². The van der Waals surface area contributed by atoms with E-state index in [0.29, 0.717) is 18.3 Å². The van der Waals surface area contributed by atoms with Crippen LogP contribution in [-0.2, 0) is 11.3 Å². The molecule has 0 saturated carbocycles. The van der Waals surface area contributed by atoms with Gasteiger partial charge in [0.05, 0.1) is 0 Å². The summed E-state index contributed by atoms with van der Waals surface area (Å²) in [5.41, 5.74) is 1.68. The van der Waals surface area contributed by atoms with E-state index in [9.17, 15) is 4.79 Å². The van der Waals surface area contributed by atoms with E-state index in [-0.39, 0.29) is 12.5 Å². The van der Waals surface area contributed by atoms with Crippen molar-refractivity contribution in [3.05, 3.63) is 48.9 Å². The quantitative estimate of drug-likeness (QED) is 0.733. The van der Waals surface area contributed by atoms with Crippen molar-refractivity contribution in [2.45, 2.75) is 13.5 Å². The Balaban J connectivity index is 2.05. The predicted octanol–water partition coefficient (Wildman–Crippen LogP) is 2.30. The molecule has 22 heavy (non-hydrogen) atoms. The lowest BCUT2D eigenvalue weighted by atomic mass is 10.2. The van der Waals surface area contributed by atoms with Crippen LogP contribution in [0.2, 0.25) is 0 Å². The van der Waals surface area contributed by atoms with E-state index >= 15 is 0 Å². The fourth-order valence-corrected chi connectivity index (χ4v) is 2.34. The smallest absolute Gasteiger partial charge is 0.264 e. The molecule has 0 aliphatic carbocycles. The Bertz CT molecular complexity index is 832. The summed E-state index contributed by atoms with van der Waals surface area (Å²) in [7, 11) is 0. The summed E-state index contributed by atoms with van der Waals surface area (Å²) in [4.78, 5) is 12.1. The highest BCUT2D eigenvalue weighted by atomic mass is 16.4. The number of benzene rings is 1. The van der Waals surface area contributed by atoms with Gasteiger partial charge >= 0.3 is 0 Å². The van der Waals surface area contributed by atoms with E-state index in [0.717, 1.165) is 16.6 Å². The maximum absolute atomic E-state index is 12.1. The van der Waals surface area contributed by atoms with E-state index in [1.54, 1.807) is 13.0 Å². The molecule has 0 aliphatic heterocycles. The van der Waals surface area contributed by atoms with Crippen molar-refractivity contribution in [2.75, 3.05) is 6.54 Å². The largest absolute Gasteiger partial charge is 0.420 e. The number of amides is 1. The monoisotopic (exact) mass is 296 g/mol. The van der Waals surface area contributed by atoms with Gasteiger partial charge in [-0.2, -0.15) is 0 Å². The number of hydrogen-bond acceptors (Lipinski definition) is 4. The number of carbonyl (C=O) groups is 1. The SMILES string of the molecule is C=CCNC(=O)Cn1c(-c2nnc(C)o2)cc2ccccc21. The summed E-state index contributed by atoms with van der Waals surface area (Å²) >= 11 is 0. The van der Waals surface area contributed by atoms with E-state index in [1.165, 1.54) is 0 Å². The molecule has 1 N–H and O–H groups in total. The van der Waals surface area contributed by atoms with Crippen LogP contribution in [0.3, 0.4) is 0 Å². The van der Waals surface area contributed by atoms with Gasteiger partial charge in [0.1, 0.15) is 12.2 Å². The number of nitrogens with zero attached hydrogens (tertiary/aromatic N) is 3. The van der Waals surface area contributed by atoms with Crippen LogP contribution < -0.4 is 5.32 Å². The van der Waals surface area contributed by atoms with Gasteiger partial charge in [-0.3, -0.25) is 4.79 Å². The van der Waals surface area contributed by atoms with Crippen molar-refractivity contribution in [3.8, 4) is 11.6 Å². The first-order valence-corrected chi connectivity index (χ1v) is 6.95. The molecule has 0 spiro atoms. The van der Waals surface area contributed by atoms with E-state index in [4.69, 9.17) is 4.42 Å². The minimum atomic E-state index is -0.0984. The Morgan fingerprint density at radius 2 is 2.23 bits per heavy atom.